The van der Waals surface area contributed by atoms with Crippen LogP contribution in [0.5, 0.6) is 0 Å². The van der Waals surface area contributed by atoms with Crippen molar-refractivity contribution in [3.8, 4) is 0 Å². The summed E-state index contributed by atoms with van der Waals surface area (Å²) in [5, 5.41) is 0. The summed E-state index contributed by atoms with van der Waals surface area (Å²) in [7, 11) is 0. The first-order valence-electron chi connectivity index (χ1n) is 9.39. The predicted octanol–water partition coefficient (Wildman–Crippen LogP) is 1.98. The fourth-order valence-electron chi connectivity index (χ4n) is 3.65. The molecule has 3 heterocycles. The van der Waals surface area contributed by atoms with Crippen molar-refractivity contribution in [3.05, 3.63) is 54.5 Å². The zero-order valence-corrected chi connectivity index (χ0v) is 15.3. The minimum atomic E-state index is -0.108. The van der Waals surface area contributed by atoms with Crippen LogP contribution in [0.3, 0.4) is 0 Å². The van der Waals surface area contributed by atoms with Crippen LogP contribution in [0.1, 0.15) is 10.6 Å². The molecule has 0 bridgehead atoms. The molecule has 0 radical (unpaired) electrons. The van der Waals surface area contributed by atoms with Gasteiger partial charge in [0, 0.05) is 58.0 Å². The number of carbonyl (C=O) groups excluding carboxylic acids is 2. The van der Waals surface area contributed by atoms with Gasteiger partial charge in [0.15, 0.2) is 5.76 Å². The molecule has 4 rings (SSSR count). The Bertz CT molecular complexity index is 762. The van der Waals surface area contributed by atoms with Gasteiger partial charge < -0.3 is 24.0 Å². The van der Waals surface area contributed by atoms with Crippen molar-refractivity contribution in [3.63, 3.8) is 0 Å². The number of rotatable bonds is 2. The number of amides is 3. The lowest BCUT2D eigenvalue weighted by Gasteiger charge is -2.41. The lowest BCUT2D eigenvalue weighted by molar-refractivity contribution is 0.0608. The highest BCUT2D eigenvalue weighted by Crippen LogP contribution is 2.17. The topological polar surface area (TPSA) is 60.2 Å². The third-order valence-corrected chi connectivity index (χ3v) is 5.24. The van der Waals surface area contributed by atoms with E-state index in [-0.39, 0.29) is 11.9 Å². The van der Waals surface area contributed by atoms with E-state index in [2.05, 4.69) is 17.0 Å². The SMILES string of the molecule is O=C(c1ccco1)N1CCN(C(=O)N2CCN(c3ccccc3)CC2)CC1. The Labute approximate surface area is 158 Å². The number of anilines is 1. The molecular formula is C20H24N4O3. The molecule has 0 aliphatic carbocycles. The standard InChI is InChI=1S/C20H24N4O3/c25-19(18-7-4-16-27-18)22-10-14-24(15-11-22)20(26)23-12-8-21(9-13-23)17-5-2-1-3-6-17/h1-7,16H,8-15H2. The van der Waals surface area contributed by atoms with Crippen LogP contribution in [0.25, 0.3) is 0 Å². The zero-order chi connectivity index (χ0) is 18.6. The van der Waals surface area contributed by atoms with Crippen LogP contribution in [-0.4, -0.2) is 79.0 Å². The molecule has 1 aromatic heterocycles. The van der Waals surface area contributed by atoms with Crippen LogP contribution in [0.2, 0.25) is 0 Å². The fourth-order valence-corrected chi connectivity index (χ4v) is 3.65. The van der Waals surface area contributed by atoms with Gasteiger partial charge >= 0.3 is 6.03 Å². The molecule has 0 spiro atoms. The summed E-state index contributed by atoms with van der Waals surface area (Å²) >= 11 is 0. The van der Waals surface area contributed by atoms with Gasteiger partial charge in [-0.25, -0.2) is 4.79 Å². The van der Waals surface area contributed by atoms with Crippen LogP contribution < -0.4 is 4.90 Å². The van der Waals surface area contributed by atoms with E-state index in [0.29, 0.717) is 31.9 Å². The van der Waals surface area contributed by atoms with Crippen LogP contribution in [0, 0.1) is 0 Å². The van der Waals surface area contributed by atoms with Gasteiger partial charge in [-0.2, -0.15) is 0 Å². The highest BCUT2D eigenvalue weighted by molar-refractivity contribution is 5.91. The van der Waals surface area contributed by atoms with Crippen molar-refractivity contribution in [2.24, 2.45) is 0 Å². The monoisotopic (exact) mass is 368 g/mol. The average molecular weight is 368 g/mol. The third kappa shape index (κ3) is 3.77. The Morgan fingerprint density at radius 3 is 1.89 bits per heavy atom. The molecule has 2 saturated heterocycles. The molecule has 0 saturated carbocycles. The number of benzene rings is 1. The molecule has 2 fully saturated rings. The number of hydrogen-bond acceptors (Lipinski definition) is 4. The van der Waals surface area contributed by atoms with Gasteiger partial charge in [0.05, 0.1) is 6.26 Å². The Morgan fingerprint density at radius 1 is 0.704 bits per heavy atom. The van der Waals surface area contributed by atoms with E-state index in [9.17, 15) is 9.59 Å². The van der Waals surface area contributed by atoms with E-state index < -0.39 is 0 Å². The largest absolute Gasteiger partial charge is 0.459 e. The maximum absolute atomic E-state index is 12.8. The summed E-state index contributed by atoms with van der Waals surface area (Å²) in [4.78, 5) is 33.0. The van der Waals surface area contributed by atoms with E-state index in [4.69, 9.17) is 4.42 Å². The Kier molecular flexibility index (Phi) is 5.00. The van der Waals surface area contributed by atoms with Crippen molar-refractivity contribution in [1.82, 2.24) is 14.7 Å². The van der Waals surface area contributed by atoms with Crippen LogP contribution in [0.4, 0.5) is 10.5 Å². The minimum Gasteiger partial charge on any atom is -0.459 e. The number of furan rings is 1. The zero-order valence-electron chi connectivity index (χ0n) is 15.3. The maximum Gasteiger partial charge on any atom is 0.320 e. The number of hydrogen-bond donors (Lipinski definition) is 0. The molecule has 0 unspecified atom stereocenters. The number of nitrogens with zero attached hydrogens (tertiary/aromatic N) is 4. The Balaban J connectivity index is 1.27. The van der Waals surface area contributed by atoms with Gasteiger partial charge in [0.25, 0.3) is 5.91 Å². The molecule has 2 aromatic rings. The van der Waals surface area contributed by atoms with Crippen molar-refractivity contribution < 1.29 is 14.0 Å². The van der Waals surface area contributed by atoms with E-state index in [0.717, 1.165) is 26.2 Å². The van der Waals surface area contributed by atoms with E-state index in [1.54, 1.807) is 17.0 Å². The molecule has 2 aliphatic heterocycles. The van der Waals surface area contributed by atoms with Gasteiger partial charge in [-0.05, 0) is 24.3 Å². The molecule has 0 N–H and O–H groups in total. The lowest BCUT2D eigenvalue weighted by Crippen LogP contribution is -2.57. The molecule has 7 nitrogen and oxygen atoms in total. The Hall–Kier alpha value is -2.96. The van der Waals surface area contributed by atoms with Gasteiger partial charge in [-0.1, -0.05) is 18.2 Å². The Morgan fingerprint density at radius 2 is 1.30 bits per heavy atom. The number of carbonyl (C=O) groups is 2. The van der Waals surface area contributed by atoms with E-state index in [1.165, 1.54) is 12.0 Å². The molecule has 3 amide bonds. The van der Waals surface area contributed by atoms with Crippen molar-refractivity contribution in [1.29, 1.82) is 0 Å². The summed E-state index contributed by atoms with van der Waals surface area (Å²) in [6.45, 7) is 5.32. The lowest BCUT2D eigenvalue weighted by atomic mass is 10.2. The second-order valence-electron chi connectivity index (χ2n) is 6.85. The maximum atomic E-state index is 12.8. The normalized spacial score (nSPS) is 17.9. The van der Waals surface area contributed by atoms with Crippen LogP contribution in [0.15, 0.2) is 53.1 Å². The molecule has 1 aromatic carbocycles. The fraction of sp³-hybridized carbons (Fsp3) is 0.400. The van der Waals surface area contributed by atoms with Gasteiger partial charge in [0.1, 0.15) is 0 Å². The first kappa shape index (κ1) is 17.5. The molecule has 27 heavy (non-hydrogen) atoms. The first-order valence-corrected chi connectivity index (χ1v) is 9.39. The molecule has 2 aliphatic rings. The second kappa shape index (κ2) is 7.73. The average Bonchev–Trinajstić information content (AvgIpc) is 3.28. The van der Waals surface area contributed by atoms with Crippen molar-refractivity contribution in [2.75, 3.05) is 57.3 Å². The quantitative estimate of drug-likeness (QED) is 0.813. The number of para-hydroxylation sites is 1. The van der Waals surface area contributed by atoms with Crippen LogP contribution in [-0.2, 0) is 0 Å². The van der Waals surface area contributed by atoms with E-state index in [1.807, 2.05) is 28.0 Å². The number of urea groups is 1. The summed E-state index contributed by atoms with van der Waals surface area (Å²) in [5.74, 6) is 0.246. The summed E-state index contributed by atoms with van der Waals surface area (Å²) in [6.07, 6.45) is 1.50. The molecular weight excluding hydrogens is 344 g/mol. The highest BCUT2D eigenvalue weighted by atomic mass is 16.3. The molecule has 7 heteroatoms. The van der Waals surface area contributed by atoms with Gasteiger partial charge in [-0.15, -0.1) is 0 Å². The summed E-state index contributed by atoms with van der Waals surface area (Å²) in [5.41, 5.74) is 1.20. The first-order chi connectivity index (χ1) is 13.2. The smallest absolute Gasteiger partial charge is 0.320 e. The van der Waals surface area contributed by atoms with Crippen molar-refractivity contribution in [2.45, 2.75) is 0 Å². The number of piperazine rings is 2. The van der Waals surface area contributed by atoms with Gasteiger partial charge in [-0.3, -0.25) is 4.79 Å². The molecule has 142 valence electrons. The predicted molar refractivity (Wildman–Crippen MR) is 102 cm³/mol. The van der Waals surface area contributed by atoms with Crippen molar-refractivity contribution >= 4 is 17.6 Å². The summed E-state index contributed by atoms with van der Waals surface area (Å²) < 4.78 is 5.18. The second-order valence-corrected chi connectivity index (χ2v) is 6.85. The molecule has 0 atom stereocenters. The third-order valence-electron chi connectivity index (χ3n) is 5.24. The summed E-state index contributed by atoms with van der Waals surface area (Å²) in [6, 6.07) is 13.8. The van der Waals surface area contributed by atoms with Gasteiger partial charge in [0.2, 0.25) is 0 Å². The van der Waals surface area contributed by atoms with Crippen LogP contribution >= 0.6 is 0 Å². The van der Waals surface area contributed by atoms with E-state index >= 15 is 0 Å². The minimum absolute atomic E-state index is 0.0767. The highest BCUT2D eigenvalue weighted by Gasteiger charge is 2.30.